The normalized spacial score (nSPS) is 11.1. The summed E-state index contributed by atoms with van der Waals surface area (Å²) < 4.78 is 27.9. The van der Waals surface area contributed by atoms with Gasteiger partial charge in [-0.05, 0) is 37.3 Å². The molecule has 12 heteroatoms. The number of aryl methyl sites for hydroxylation is 1. The van der Waals surface area contributed by atoms with Crippen LogP contribution in [0.25, 0.3) is 0 Å². The Balaban J connectivity index is 1.78. The van der Waals surface area contributed by atoms with E-state index in [2.05, 4.69) is 25.0 Å². The number of benzene rings is 1. The third-order valence-electron chi connectivity index (χ3n) is 3.87. The Labute approximate surface area is 164 Å². The van der Waals surface area contributed by atoms with Gasteiger partial charge in [0.2, 0.25) is 5.95 Å². The van der Waals surface area contributed by atoms with Gasteiger partial charge in [0, 0.05) is 30.8 Å². The lowest BCUT2D eigenvalue weighted by Crippen LogP contribution is -2.37. The smallest absolute Gasteiger partial charge is 0.322 e. The van der Waals surface area contributed by atoms with Crippen LogP contribution in [0.1, 0.15) is 16.1 Å². The maximum Gasteiger partial charge on any atom is 0.328 e. The fraction of sp³-hybridized carbons (Fsp3) is 0.118. The summed E-state index contributed by atoms with van der Waals surface area (Å²) >= 11 is 0. The summed E-state index contributed by atoms with van der Waals surface area (Å²) in [6, 6.07) is 6.90. The molecule has 150 valence electrons. The Kier molecular flexibility index (Phi) is 5.28. The molecule has 0 radical (unpaired) electrons. The van der Waals surface area contributed by atoms with Gasteiger partial charge in [-0.2, -0.15) is 0 Å². The molecule has 0 aliphatic carbocycles. The maximum atomic E-state index is 12.4. The zero-order chi connectivity index (χ0) is 21.2. The second kappa shape index (κ2) is 7.67. The number of carbonyl (C=O) groups is 1. The molecule has 1 aromatic carbocycles. The second-order valence-electron chi connectivity index (χ2n) is 5.98. The number of carbonyl (C=O) groups excluding carboxylic acids is 1. The van der Waals surface area contributed by atoms with Crippen LogP contribution in [0.2, 0.25) is 0 Å². The number of hydrogen-bond donors (Lipinski definition) is 3. The molecule has 11 nitrogen and oxygen atoms in total. The minimum absolute atomic E-state index is 0.0590. The number of rotatable bonds is 5. The van der Waals surface area contributed by atoms with Gasteiger partial charge >= 0.3 is 5.69 Å². The molecule has 0 fully saturated rings. The number of sulfonamides is 1. The first-order chi connectivity index (χ1) is 13.7. The zero-order valence-corrected chi connectivity index (χ0v) is 16.1. The van der Waals surface area contributed by atoms with Crippen molar-refractivity contribution in [1.82, 2.24) is 19.5 Å². The lowest BCUT2D eigenvalue weighted by atomic mass is 10.2. The SMILES string of the molecule is Cc1ccnc(NS(=O)(=O)c2ccc(NC(=O)c3c[nH]c(=O)n(C)c3=O)cc2)n1. The molecule has 0 saturated carbocycles. The van der Waals surface area contributed by atoms with E-state index < -0.39 is 27.2 Å². The number of H-pyrrole nitrogens is 1. The van der Waals surface area contributed by atoms with E-state index in [4.69, 9.17) is 0 Å². The van der Waals surface area contributed by atoms with Crippen molar-refractivity contribution >= 4 is 27.6 Å². The van der Waals surface area contributed by atoms with Gasteiger partial charge in [0.25, 0.3) is 21.5 Å². The Bertz CT molecular complexity index is 1290. The highest BCUT2D eigenvalue weighted by Crippen LogP contribution is 2.17. The molecule has 0 unspecified atom stereocenters. The predicted octanol–water partition coefficient (Wildman–Crippen LogP) is 0.225. The average Bonchev–Trinajstić information content (AvgIpc) is 2.66. The van der Waals surface area contributed by atoms with Crippen LogP contribution < -0.4 is 21.3 Å². The van der Waals surface area contributed by atoms with Crippen LogP contribution >= 0.6 is 0 Å². The highest BCUT2D eigenvalue weighted by atomic mass is 32.2. The minimum Gasteiger partial charge on any atom is -0.322 e. The quantitative estimate of drug-likeness (QED) is 0.537. The second-order valence-corrected chi connectivity index (χ2v) is 7.66. The van der Waals surface area contributed by atoms with E-state index in [0.717, 1.165) is 10.8 Å². The summed E-state index contributed by atoms with van der Waals surface area (Å²) in [5.74, 6) is -0.806. The monoisotopic (exact) mass is 416 g/mol. The Hall–Kier alpha value is -3.80. The standard InChI is InChI=1S/C17H16N6O5S/c1-10-7-8-18-16(20-10)22-29(27,28)12-5-3-11(4-6-12)21-14(24)13-9-19-17(26)23(2)15(13)25/h3-9H,1-2H3,(H,19,26)(H,21,24)(H,18,20,22). The van der Waals surface area contributed by atoms with Crippen LogP contribution in [0.15, 0.2) is 57.2 Å². The van der Waals surface area contributed by atoms with Gasteiger partial charge in [0.15, 0.2) is 0 Å². The van der Waals surface area contributed by atoms with E-state index in [1.165, 1.54) is 37.5 Å². The highest BCUT2D eigenvalue weighted by Gasteiger charge is 2.17. The third-order valence-corrected chi connectivity index (χ3v) is 5.21. The van der Waals surface area contributed by atoms with Gasteiger partial charge in [-0.15, -0.1) is 0 Å². The van der Waals surface area contributed by atoms with Crippen molar-refractivity contribution in [3.63, 3.8) is 0 Å². The molecule has 0 bridgehead atoms. The molecule has 0 atom stereocenters. The molecule has 3 N–H and O–H groups in total. The van der Waals surface area contributed by atoms with Gasteiger partial charge in [-0.25, -0.2) is 27.9 Å². The molecule has 29 heavy (non-hydrogen) atoms. The molecule has 2 aromatic heterocycles. The fourth-order valence-corrected chi connectivity index (χ4v) is 3.27. The first-order valence-electron chi connectivity index (χ1n) is 8.20. The summed E-state index contributed by atoms with van der Waals surface area (Å²) in [5.41, 5.74) is -0.806. The lowest BCUT2D eigenvalue weighted by molar-refractivity contribution is 0.102. The van der Waals surface area contributed by atoms with E-state index in [0.29, 0.717) is 5.69 Å². The molecular weight excluding hydrogens is 400 g/mol. The molecule has 3 aromatic rings. The lowest BCUT2D eigenvalue weighted by Gasteiger charge is -2.09. The topological polar surface area (TPSA) is 156 Å². The molecule has 0 spiro atoms. The molecular formula is C17H16N6O5S. The number of nitrogens with one attached hydrogen (secondary N) is 3. The Morgan fingerprint density at radius 2 is 1.83 bits per heavy atom. The van der Waals surface area contributed by atoms with Crippen LogP contribution in [0.5, 0.6) is 0 Å². The summed E-state index contributed by atoms with van der Waals surface area (Å²) in [6.45, 7) is 1.70. The van der Waals surface area contributed by atoms with E-state index in [1.54, 1.807) is 13.0 Å². The first kappa shape index (κ1) is 19.9. The maximum absolute atomic E-state index is 12.4. The highest BCUT2D eigenvalue weighted by molar-refractivity contribution is 7.92. The average molecular weight is 416 g/mol. The van der Waals surface area contributed by atoms with Crippen molar-refractivity contribution in [3.05, 3.63) is 74.8 Å². The van der Waals surface area contributed by atoms with Gasteiger partial charge in [0.1, 0.15) is 5.56 Å². The van der Waals surface area contributed by atoms with Crippen molar-refractivity contribution in [3.8, 4) is 0 Å². The van der Waals surface area contributed by atoms with E-state index in [1.807, 2.05) is 0 Å². The Morgan fingerprint density at radius 1 is 1.14 bits per heavy atom. The number of amides is 1. The van der Waals surface area contributed by atoms with Gasteiger partial charge in [-0.3, -0.25) is 14.2 Å². The summed E-state index contributed by atoms with van der Waals surface area (Å²) in [6.07, 6.45) is 2.45. The molecule has 3 rings (SSSR count). The fourth-order valence-electron chi connectivity index (χ4n) is 2.32. The number of aromatic nitrogens is 4. The molecule has 2 heterocycles. The number of anilines is 2. The van der Waals surface area contributed by atoms with Gasteiger partial charge in [-0.1, -0.05) is 0 Å². The molecule has 0 aliphatic rings. The van der Waals surface area contributed by atoms with Crippen molar-refractivity contribution in [1.29, 1.82) is 0 Å². The van der Waals surface area contributed by atoms with Crippen molar-refractivity contribution in [2.45, 2.75) is 11.8 Å². The van der Waals surface area contributed by atoms with E-state index >= 15 is 0 Å². The van der Waals surface area contributed by atoms with Gasteiger partial charge in [0.05, 0.1) is 4.90 Å². The summed E-state index contributed by atoms with van der Waals surface area (Å²) in [7, 11) is -2.69. The van der Waals surface area contributed by atoms with E-state index in [-0.39, 0.29) is 22.1 Å². The van der Waals surface area contributed by atoms with Crippen LogP contribution in [-0.2, 0) is 17.1 Å². The predicted molar refractivity (Wildman–Crippen MR) is 104 cm³/mol. The van der Waals surface area contributed by atoms with Crippen molar-refractivity contribution in [2.75, 3.05) is 10.0 Å². The summed E-state index contributed by atoms with van der Waals surface area (Å²) in [5, 5.41) is 2.47. The third kappa shape index (κ3) is 4.38. The minimum atomic E-state index is -3.93. The van der Waals surface area contributed by atoms with E-state index in [9.17, 15) is 22.8 Å². The van der Waals surface area contributed by atoms with Crippen LogP contribution in [0.4, 0.5) is 11.6 Å². The van der Waals surface area contributed by atoms with Gasteiger partial charge < -0.3 is 10.3 Å². The largest absolute Gasteiger partial charge is 0.328 e. The number of nitrogens with zero attached hydrogens (tertiary/aromatic N) is 3. The van der Waals surface area contributed by atoms with Crippen LogP contribution in [-0.4, -0.2) is 33.8 Å². The first-order valence-corrected chi connectivity index (χ1v) is 9.68. The molecule has 0 aliphatic heterocycles. The molecule has 0 saturated heterocycles. The van der Waals surface area contributed by atoms with Crippen LogP contribution in [0, 0.1) is 6.92 Å². The van der Waals surface area contributed by atoms with Crippen molar-refractivity contribution < 1.29 is 13.2 Å². The zero-order valence-electron chi connectivity index (χ0n) is 15.3. The van der Waals surface area contributed by atoms with Crippen LogP contribution in [0.3, 0.4) is 0 Å². The number of aromatic amines is 1. The van der Waals surface area contributed by atoms with Crippen molar-refractivity contribution in [2.24, 2.45) is 7.05 Å². The molecule has 1 amide bonds. The summed E-state index contributed by atoms with van der Waals surface area (Å²) in [4.78, 5) is 45.6. The number of hydrogen-bond acceptors (Lipinski definition) is 7. The Morgan fingerprint density at radius 3 is 2.48 bits per heavy atom.